The Balaban J connectivity index is 3.00. The second-order valence-electron chi connectivity index (χ2n) is 5.54. The van der Waals surface area contributed by atoms with Gasteiger partial charge in [0.25, 0.3) is 0 Å². The zero-order valence-corrected chi connectivity index (χ0v) is 15.1. The molecule has 2 N–H and O–H groups in total. The summed E-state index contributed by atoms with van der Waals surface area (Å²) in [5.74, 6) is 0. The second-order valence-corrected chi connectivity index (χ2v) is 6.36. The van der Waals surface area contributed by atoms with Crippen molar-refractivity contribution in [2.45, 2.75) is 58.5 Å². The van der Waals surface area contributed by atoms with Crippen LogP contribution in [0.4, 0.5) is 0 Å². The lowest BCUT2D eigenvalue weighted by Gasteiger charge is -2.46. The van der Waals surface area contributed by atoms with Crippen molar-refractivity contribution in [1.29, 1.82) is 0 Å². The fourth-order valence-corrected chi connectivity index (χ4v) is 3.74. The van der Waals surface area contributed by atoms with Gasteiger partial charge < -0.3 is 5.73 Å². The van der Waals surface area contributed by atoms with E-state index in [2.05, 4.69) is 32.6 Å². The average molecular weight is 331 g/mol. The summed E-state index contributed by atoms with van der Waals surface area (Å²) in [5, 5.41) is 1.19. The van der Waals surface area contributed by atoms with E-state index in [1.54, 1.807) is 0 Å². The molecule has 0 aliphatic heterocycles. The molecule has 1 aromatic carbocycles. The Morgan fingerprint density at radius 2 is 1.62 bits per heavy atom. The molecule has 0 heterocycles. The van der Waals surface area contributed by atoms with Gasteiger partial charge in [-0.25, -0.2) is 0 Å². The Morgan fingerprint density at radius 3 is 2.05 bits per heavy atom. The number of likely N-dealkylation sites (N-methyl/N-ethyl adjacent to an activating group) is 1. The first-order valence-corrected chi connectivity index (χ1v) is 8.65. The Bertz CT molecular complexity index is 440. The summed E-state index contributed by atoms with van der Waals surface area (Å²) < 4.78 is 0. The van der Waals surface area contributed by atoms with E-state index in [4.69, 9.17) is 28.9 Å². The van der Waals surface area contributed by atoms with E-state index in [0.29, 0.717) is 10.0 Å². The molecule has 1 rings (SSSR count). The first kappa shape index (κ1) is 18.8. The van der Waals surface area contributed by atoms with Crippen LogP contribution in [0, 0.1) is 0 Å². The Morgan fingerprint density at radius 1 is 1.05 bits per heavy atom. The van der Waals surface area contributed by atoms with Crippen molar-refractivity contribution in [3.8, 4) is 0 Å². The summed E-state index contributed by atoms with van der Waals surface area (Å²) in [7, 11) is 0. The highest BCUT2D eigenvalue weighted by atomic mass is 35.5. The number of rotatable bonds is 8. The topological polar surface area (TPSA) is 29.3 Å². The van der Waals surface area contributed by atoms with Crippen LogP contribution in [-0.2, 0) is 6.42 Å². The Labute approximate surface area is 139 Å². The number of hydrogen-bond donors (Lipinski definition) is 1. The third kappa shape index (κ3) is 4.13. The number of nitrogens with two attached hydrogens (primary N) is 1. The number of nitrogens with zero attached hydrogens (tertiary/aromatic N) is 1. The highest BCUT2D eigenvalue weighted by Gasteiger charge is 2.37. The maximum atomic E-state index is 6.63. The summed E-state index contributed by atoms with van der Waals surface area (Å²) in [6.07, 6.45) is 2.91. The van der Waals surface area contributed by atoms with Gasteiger partial charge in [0.1, 0.15) is 0 Å². The van der Waals surface area contributed by atoms with Crippen LogP contribution in [0.2, 0.25) is 10.0 Å². The van der Waals surface area contributed by atoms with Crippen LogP contribution in [0.25, 0.3) is 0 Å². The van der Waals surface area contributed by atoms with Gasteiger partial charge in [0.05, 0.1) is 10.0 Å². The molecule has 0 bridgehead atoms. The van der Waals surface area contributed by atoms with E-state index < -0.39 is 0 Å². The minimum Gasteiger partial charge on any atom is -0.326 e. The van der Waals surface area contributed by atoms with Gasteiger partial charge in [0.15, 0.2) is 0 Å². The van der Waals surface area contributed by atoms with Crippen molar-refractivity contribution in [3.63, 3.8) is 0 Å². The second kappa shape index (κ2) is 8.38. The van der Waals surface area contributed by atoms with Crippen molar-refractivity contribution >= 4 is 23.2 Å². The molecular formula is C17H28Cl2N2. The molecule has 2 nitrogen and oxygen atoms in total. The minimum absolute atomic E-state index is 0.0373. The smallest absolute Gasteiger partial charge is 0.0595 e. The number of benzene rings is 1. The van der Waals surface area contributed by atoms with Crippen molar-refractivity contribution in [1.82, 2.24) is 4.90 Å². The quantitative estimate of drug-likeness (QED) is 0.744. The molecular weight excluding hydrogens is 303 g/mol. The lowest BCUT2D eigenvalue weighted by atomic mass is 9.80. The predicted molar refractivity (Wildman–Crippen MR) is 94.4 cm³/mol. The molecule has 1 unspecified atom stereocenters. The van der Waals surface area contributed by atoms with E-state index in [1.165, 1.54) is 0 Å². The molecule has 0 spiro atoms. The summed E-state index contributed by atoms with van der Waals surface area (Å²) in [4.78, 5) is 2.50. The maximum absolute atomic E-state index is 6.63. The molecule has 4 heteroatoms. The molecule has 0 aliphatic carbocycles. The van der Waals surface area contributed by atoms with Gasteiger partial charge in [-0.2, -0.15) is 0 Å². The van der Waals surface area contributed by atoms with Crippen LogP contribution >= 0.6 is 23.2 Å². The van der Waals surface area contributed by atoms with Gasteiger partial charge >= 0.3 is 0 Å². The fraction of sp³-hybridized carbons (Fsp3) is 0.647. The molecule has 21 heavy (non-hydrogen) atoms. The van der Waals surface area contributed by atoms with Crippen LogP contribution in [0.5, 0.6) is 0 Å². The van der Waals surface area contributed by atoms with Crippen LogP contribution in [0.3, 0.4) is 0 Å². The Hall–Kier alpha value is -0.280. The fourth-order valence-electron chi connectivity index (χ4n) is 3.42. The molecule has 1 aromatic rings. The zero-order chi connectivity index (χ0) is 16.0. The van der Waals surface area contributed by atoms with E-state index in [1.807, 2.05) is 18.2 Å². The first-order chi connectivity index (χ1) is 9.94. The zero-order valence-electron chi connectivity index (χ0n) is 13.6. The van der Waals surface area contributed by atoms with Crippen molar-refractivity contribution in [2.75, 3.05) is 13.1 Å². The molecule has 120 valence electrons. The largest absolute Gasteiger partial charge is 0.326 e. The van der Waals surface area contributed by atoms with Crippen molar-refractivity contribution in [3.05, 3.63) is 33.8 Å². The molecule has 0 aliphatic rings. The summed E-state index contributed by atoms with van der Waals surface area (Å²) >= 11 is 12.1. The van der Waals surface area contributed by atoms with Gasteiger partial charge in [0.2, 0.25) is 0 Å². The third-order valence-corrected chi connectivity index (χ3v) is 5.49. The monoisotopic (exact) mass is 330 g/mol. The Kier molecular flexibility index (Phi) is 7.49. The van der Waals surface area contributed by atoms with Gasteiger partial charge in [-0.3, -0.25) is 4.90 Å². The summed E-state index contributed by atoms with van der Waals surface area (Å²) in [6, 6.07) is 5.88. The standard InChI is InChI=1S/C17H28Cl2N2/c1-5-17(6-2,21(7-3)8-4)16(20)12-13-9-10-14(18)15(19)11-13/h9-11,16H,5-8,12,20H2,1-4H3. The predicted octanol–water partition coefficient (Wildman–Crippen LogP) is 4.76. The van der Waals surface area contributed by atoms with Crippen LogP contribution in [-0.4, -0.2) is 29.6 Å². The van der Waals surface area contributed by atoms with E-state index in [0.717, 1.165) is 37.9 Å². The SMILES string of the molecule is CCN(CC)C(CC)(CC)C(N)Cc1ccc(Cl)c(Cl)c1. The molecule has 0 saturated heterocycles. The normalized spacial score (nSPS) is 13.7. The van der Waals surface area contributed by atoms with E-state index >= 15 is 0 Å². The van der Waals surface area contributed by atoms with Crippen LogP contribution < -0.4 is 5.73 Å². The highest BCUT2D eigenvalue weighted by Crippen LogP contribution is 2.30. The van der Waals surface area contributed by atoms with Gasteiger partial charge in [-0.1, -0.05) is 57.0 Å². The van der Waals surface area contributed by atoms with Crippen molar-refractivity contribution < 1.29 is 0 Å². The minimum atomic E-state index is 0.0373. The molecule has 0 amide bonds. The van der Waals surface area contributed by atoms with Gasteiger partial charge in [0, 0.05) is 11.6 Å². The molecule has 0 radical (unpaired) electrons. The molecule has 0 aromatic heterocycles. The van der Waals surface area contributed by atoms with E-state index in [9.17, 15) is 0 Å². The summed E-state index contributed by atoms with van der Waals surface area (Å²) in [5.41, 5.74) is 7.81. The molecule has 0 fully saturated rings. The molecule has 1 atom stereocenters. The van der Waals surface area contributed by atoms with E-state index in [-0.39, 0.29) is 11.6 Å². The summed E-state index contributed by atoms with van der Waals surface area (Å²) in [6.45, 7) is 10.9. The number of hydrogen-bond acceptors (Lipinski definition) is 2. The van der Waals surface area contributed by atoms with Crippen molar-refractivity contribution in [2.24, 2.45) is 5.73 Å². The lowest BCUT2D eigenvalue weighted by molar-refractivity contribution is 0.0628. The molecule has 0 saturated carbocycles. The van der Waals surface area contributed by atoms with Crippen LogP contribution in [0.15, 0.2) is 18.2 Å². The average Bonchev–Trinajstić information content (AvgIpc) is 2.48. The maximum Gasteiger partial charge on any atom is 0.0595 e. The highest BCUT2D eigenvalue weighted by molar-refractivity contribution is 6.42. The number of halogens is 2. The first-order valence-electron chi connectivity index (χ1n) is 7.89. The van der Waals surface area contributed by atoms with Gasteiger partial charge in [-0.15, -0.1) is 0 Å². The lowest BCUT2D eigenvalue weighted by Crippen LogP contribution is -2.60. The van der Waals surface area contributed by atoms with Crippen LogP contribution in [0.1, 0.15) is 46.1 Å². The van der Waals surface area contributed by atoms with Gasteiger partial charge in [-0.05, 0) is 50.0 Å². The third-order valence-electron chi connectivity index (χ3n) is 4.75.